The molecule has 0 aliphatic heterocycles. The van der Waals surface area contributed by atoms with E-state index >= 15 is 0 Å². The van der Waals surface area contributed by atoms with Gasteiger partial charge in [-0.3, -0.25) is 4.79 Å². The maximum atomic E-state index is 11.5. The molecule has 1 aromatic carbocycles. The fourth-order valence-corrected chi connectivity index (χ4v) is 3.06. The van der Waals surface area contributed by atoms with Gasteiger partial charge in [0.05, 0.1) is 17.4 Å². The Morgan fingerprint density at radius 3 is 2.37 bits per heavy atom. The summed E-state index contributed by atoms with van der Waals surface area (Å²) in [6, 6.07) is 4.40. The van der Waals surface area contributed by atoms with Crippen molar-refractivity contribution in [1.82, 2.24) is 0 Å². The van der Waals surface area contributed by atoms with E-state index in [9.17, 15) is 18.3 Å². The molecule has 6 heteroatoms. The first-order valence-corrected chi connectivity index (χ1v) is 7.82. The fourth-order valence-electron chi connectivity index (χ4n) is 2.43. The Labute approximate surface area is 112 Å². The monoisotopic (exact) mass is 284 g/mol. The van der Waals surface area contributed by atoms with Crippen LogP contribution in [0.2, 0.25) is 0 Å². The summed E-state index contributed by atoms with van der Waals surface area (Å²) in [5.74, 6) is -0.561. The number of hydrogen-bond acceptors (Lipinski definition) is 4. The van der Waals surface area contributed by atoms with Gasteiger partial charge in [0.15, 0.2) is 9.84 Å². The molecule has 0 radical (unpaired) electrons. The van der Waals surface area contributed by atoms with Crippen molar-refractivity contribution in [1.29, 1.82) is 0 Å². The summed E-state index contributed by atoms with van der Waals surface area (Å²) in [7, 11) is -1.92. The smallest absolute Gasteiger partial charge is 0.314 e. The lowest BCUT2D eigenvalue weighted by atomic mass is 9.64. The molecule has 0 bridgehead atoms. The van der Waals surface area contributed by atoms with Crippen LogP contribution in [-0.4, -0.2) is 32.9 Å². The lowest BCUT2D eigenvalue weighted by Gasteiger charge is -2.38. The van der Waals surface area contributed by atoms with E-state index in [0.717, 1.165) is 12.7 Å². The quantitative estimate of drug-likeness (QED) is 0.908. The van der Waals surface area contributed by atoms with Gasteiger partial charge in [0.1, 0.15) is 5.75 Å². The number of hydrogen-bond donors (Lipinski definition) is 1. The van der Waals surface area contributed by atoms with Gasteiger partial charge < -0.3 is 9.84 Å². The van der Waals surface area contributed by atoms with Crippen LogP contribution in [0.25, 0.3) is 0 Å². The molecule has 5 nitrogen and oxygen atoms in total. The summed E-state index contributed by atoms with van der Waals surface area (Å²) in [6.07, 6.45) is 3.06. The molecule has 0 atom stereocenters. The van der Waals surface area contributed by atoms with Crippen LogP contribution >= 0.6 is 0 Å². The molecule has 0 saturated heterocycles. The fraction of sp³-hybridized carbons (Fsp3) is 0.462. The van der Waals surface area contributed by atoms with Crippen LogP contribution in [0.5, 0.6) is 5.75 Å². The summed E-state index contributed by atoms with van der Waals surface area (Å²) < 4.78 is 28.2. The molecule has 19 heavy (non-hydrogen) atoms. The molecule has 1 fully saturated rings. The number of ether oxygens (including phenoxy) is 1. The maximum Gasteiger partial charge on any atom is 0.314 e. The van der Waals surface area contributed by atoms with Crippen LogP contribution in [0.15, 0.2) is 23.1 Å². The molecule has 1 aromatic rings. The summed E-state index contributed by atoms with van der Waals surface area (Å²) >= 11 is 0. The average Bonchev–Trinajstić information content (AvgIpc) is 2.25. The van der Waals surface area contributed by atoms with E-state index in [-0.39, 0.29) is 4.90 Å². The van der Waals surface area contributed by atoms with Crippen LogP contribution in [0.1, 0.15) is 24.8 Å². The Hall–Kier alpha value is -1.56. The molecular formula is C13H16O5S. The second kappa shape index (κ2) is 4.52. The first-order valence-electron chi connectivity index (χ1n) is 5.93. The molecule has 1 aliphatic carbocycles. The summed E-state index contributed by atoms with van der Waals surface area (Å²) in [6.45, 7) is 0. The minimum Gasteiger partial charge on any atom is -0.496 e. The second-order valence-corrected chi connectivity index (χ2v) is 6.89. The zero-order chi connectivity index (χ0) is 14.3. The lowest BCUT2D eigenvalue weighted by molar-refractivity contribution is -0.147. The van der Waals surface area contributed by atoms with Crippen molar-refractivity contribution in [2.24, 2.45) is 0 Å². The van der Waals surface area contributed by atoms with Crippen LogP contribution in [0, 0.1) is 0 Å². The molecule has 2 rings (SSSR count). The van der Waals surface area contributed by atoms with Crippen LogP contribution in [0.3, 0.4) is 0 Å². The molecule has 1 N–H and O–H groups in total. The van der Waals surface area contributed by atoms with E-state index in [4.69, 9.17) is 4.74 Å². The predicted molar refractivity (Wildman–Crippen MR) is 69.3 cm³/mol. The third kappa shape index (κ3) is 2.20. The SMILES string of the molecule is COc1cc(S(C)(=O)=O)ccc1C1(C(=O)O)CCC1. The minimum absolute atomic E-state index is 0.132. The lowest BCUT2D eigenvalue weighted by Crippen LogP contribution is -2.42. The normalized spacial score (nSPS) is 17.6. The molecule has 1 saturated carbocycles. The van der Waals surface area contributed by atoms with E-state index in [1.165, 1.54) is 19.2 Å². The molecule has 0 spiro atoms. The highest BCUT2D eigenvalue weighted by Crippen LogP contribution is 2.47. The average molecular weight is 284 g/mol. The number of sulfone groups is 1. The van der Waals surface area contributed by atoms with Crippen LogP contribution < -0.4 is 4.74 Å². The van der Waals surface area contributed by atoms with Gasteiger partial charge >= 0.3 is 5.97 Å². The third-order valence-electron chi connectivity index (χ3n) is 3.73. The van der Waals surface area contributed by atoms with Gasteiger partial charge in [-0.2, -0.15) is 0 Å². The van der Waals surface area contributed by atoms with E-state index in [2.05, 4.69) is 0 Å². The number of aliphatic carboxylic acids is 1. The Kier molecular flexibility index (Phi) is 3.30. The van der Waals surface area contributed by atoms with Gasteiger partial charge in [-0.1, -0.05) is 12.5 Å². The first kappa shape index (κ1) is 13.9. The summed E-state index contributed by atoms with van der Waals surface area (Å²) in [5, 5.41) is 9.41. The van der Waals surface area contributed by atoms with Gasteiger partial charge in [0.25, 0.3) is 0 Å². The molecular weight excluding hydrogens is 268 g/mol. The van der Waals surface area contributed by atoms with E-state index in [0.29, 0.717) is 24.2 Å². The zero-order valence-electron chi connectivity index (χ0n) is 10.8. The van der Waals surface area contributed by atoms with Crippen molar-refractivity contribution in [3.8, 4) is 5.75 Å². The minimum atomic E-state index is -3.33. The van der Waals surface area contributed by atoms with Crippen molar-refractivity contribution in [2.45, 2.75) is 29.6 Å². The highest BCUT2D eigenvalue weighted by Gasteiger charge is 2.47. The van der Waals surface area contributed by atoms with Crippen molar-refractivity contribution in [3.05, 3.63) is 23.8 Å². The molecule has 1 aliphatic rings. The molecule has 0 unspecified atom stereocenters. The number of carboxylic acid groups (broad SMARTS) is 1. The van der Waals surface area contributed by atoms with Gasteiger partial charge in [0.2, 0.25) is 0 Å². The maximum absolute atomic E-state index is 11.5. The molecule has 0 heterocycles. The Morgan fingerprint density at radius 2 is 2.00 bits per heavy atom. The van der Waals surface area contributed by atoms with E-state index in [1.807, 2.05) is 0 Å². The summed E-state index contributed by atoms with van der Waals surface area (Å²) in [4.78, 5) is 11.6. The first-order chi connectivity index (χ1) is 8.81. The van der Waals surface area contributed by atoms with Gasteiger partial charge in [0, 0.05) is 11.8 Å². The van der Waals surface area contributed by atoms with Gasteiger partial charge in [-0.25, -0.2) is 8.42 Å². The van der Waals surface area contributed by atoms with E-state index in [1.54, 1.807) is 6.07 Å². The highest BCUT2D eigenvalue weighted by atomic mass is 32.2. The molecule has 0 aromatic heterocycles. The third-order valence-corrected chi connectivity index (χ3v) is 4.84. The Bertz CT molecular complexity index is 614. The predicted octanol–water partition coefficient (Wildman–Crippen LogP) is 1.60. The zero-order valence-corrected chi connectivity index (χ0v) is 11.7. The topological polar surface area (TPSA) is 80.7 Å². The van der Waals surface area contributed by atoms with E-state index < -0.39 is 21.2 Å². The molecule has 0 amide bonds. The summed E-state index contributed by atoms with van der Waals surface area (Å²) in [5.41, 5.74) is -0.373. The molecule has 104 valence electrons. The van der Waals surface area contributed by atoms with Crippen molar-refractivity contribution in [2.75, 3.05) is 13.4 Å². The number of carboxylic acids is 1. The largest absolute Gasteiger partial charge is 0.496 e. The number of methoxy groups -OCH3 is 1. The number of carbonyl (C=O) groups is 1. The van der Waals surface area contributed by atoms with Crippen molar-refractivity contribution >= 4 is 15.8 Å². The Balaban J connectivity index is 2.57. The van der Waals surface area contributed by atoms with Crippen LogP contribution in [0.4, 0.5) is 0 Å². The van der Waals surface area contributed by atoms with Crippen LogP contribution in [-0.2, 0) is 20.0 Å². The van der Waals surface area contributed by atoms with Gasteiger partial charge in [-0.05, 0) is 25.0 Å². The van der Waals surface area contributed by atoms with Crippen molar-refractivity contribution in [3.63, 3.8) is 0 Å². The number of rotatable bonds is 4. The second-order valence-electron chi connectivity index (χ2n) is 4.88. The highest BCUT2D eigenvalue weighted by molar-refractivity contribution is 7.90. The van der Waals surface area contributed by atoms with Gasteiger partial charge in [-0.15, -0.1) is 0 Å². The number of benzene rings is 1. The standard InChI is InChI=1S/C13H16O5S/c1-18-11-8-9(19(2,16)17)4-5-10(11)13(12(14)15)6-3-7-13/h4-5,8H,3,6-7H2,1-2H3,(H,14,15). The van der Waals surface area contributed by atoms with Crippen molar-refractivity contribution < 1.29 is 23.1 Å². The Morgan fingerprint density at radius 1 is 1.37 bits per heavy atom.